The van der Waals surface area contributed by atoms with Crippen LogP contribution in [0.25, 0.3) is 0 Å². The third-order valence-corrected chi connectivity index (χ3v) is 3.26. The fourth-order valence-electron chi connectivity index (χ4n) is 2.10. The smallest absolute Gasteiger partial charge is 0.319 e. The average Bonchev–Trinajstić information content (AvgIpc) is 2.49. The van der Waals surface area contributed by atoms with Crippen LogP contribution >= 0.6 is 0 Å². The molecular formula is C13H19N5O3. The van der Waals surface area contributed by atoms with Crippen molar-refractivity contribution >= 4 is 17.4 Å². The van der Waals surface area contributed by atoms with Gasteiger partial charge in [0.05, 0.1) is 4.92 Å². The second-order valence-electron chi connectivity index (χ2n) is 4.78. The van der Waals surface area contributed by atoms with E-state index < -0.39 is 4.92 Å². The van der Waals surface area contributed by atoms with E-state index in [2.05, 4.69) is 20.9 Å². The van der Waals surface area contributed by atoms with Crippen molar-refractivity contribution in [3.8, 4) is 0 Å². The van der Waals surface area contributed by atoms with Crippen LogP contribution in [-0.4, -0.2) is 55.1 Å². The van der Waals surface area contributed by atoms with E-state index in [1.54, 1.807) is 0 Å². The molecule has 1 saturated heterocycles. The molecular weight excluding hydrogens is 274 g/mol. The van der Waals surface area contributed by atoms with Gasteiger partial charge < -0.3 is 16.0 Å². The lowest BCUT2D eigenvalue weighted by atomic mass is 10.3. The van der Waals surface area contributed by atoms with Gasteiger partial charge in [-0.25, -0.2) is 4.79 Å². The molecule has 0 aromatic heterocycles. The van der Waals surface area contributed by atoms with Gasteiger partial charge in [-0.15, -0.1) is 0 Å². The van der Waals surface area contributed by atoms with Gasteiger partial charge in [-0.2, -0.15) is 0 Å². The van der Waals surface area contributed by atoms with Crippen molar-refractivity contribution in [2.45, 2.75) is 0 Å². The van der Waals surface area contributed by atoms with Crippen LogP contribution in [0, 0.1) is 10.1 Å². The molecule has 0 atom stereocenters. The van der Waals surface area contributed by atoms with Gasteiger partial charge >= 0.3 is 6.03 Å². The zero-order valence-electron chi connectivity index (χ0n) is 11.7. The van der Waals surface area contributed by atoms with Crippen molar-refractivity contribution in [3.05, 3.63) is 34.4 Å². The number of nitro groups is 1. The highest BCUT2D eigenvalue weighted by atomic mass is 16.6. The highest BCUT2D eigenvalue weighted by Gasteiger charge is 2.10. The highest BCUT2D eigenvalue weighted by molar-refractivity contribution is 5.89. The predicted molar refractivity (Wildman–Crippen MR) is 79.4 cm³/mol. The summed E-state index contributed by atoms with van der Waals surface area (Å²) in [6, 6.07) is 5.42. The van der Waals surface area contributed by atoms with Crippen molar-refractivity contribution in [2.24, 2.45) is 0 Å². The third-order valence-electron chi connectivity index (χ3n) is 3.26. The minimum absolute atomic E-state index is 0.000309. The second kappa shape index (κ2) is 7.55. The van der Waals surface area contributed by atoms with E-state index in [9.17, 15) is 14.9 Å². The maximum Gasteiger partial charge on any atom is 0.319 e. The first kappa shape index (κ1) is 15.2. The predicted octanol–water partition coefficient (Wildman–Crippen LogP) is 0.622. The SMILES string of the molecule is O=C(NCCN1CCNCC1)Nc1ccc([N+](=O)[O-])cc1. The van der Waals surface area contributed by atoms with Crippen LogP contribution in [0.15, 0.2) is 24.3 Å². The fraction of sp³-hybridized carbons (Fsp3) is 0.462. The molecule has 3 N–H and O–H groups in total. The Morgan fingerprint density at radius 2 is 1.95 bits per heavy atom. The molecule has 1 aromatic rings. The number of hydrogen-bond donors (Lipinski definition) is 3. The number of non-ortho nitro benzene ring substituents is 1. The van der Waals surface area contributed by atoms with Gasteiger partial charge in [0.15, 0.2) is 0 Å². The number of anilines is 1. The van der Waals surface area contributed by atoms with E-state index in [1.165, 1.54) is 24.3 Å². The van der Waals surface area contributed by atoms with Crippen molar-refractivity contribution in [3.63, 3.8) is 0 Å². The monoisotopic (exact) mass is 293 g/mol. The van der Waals surface area contributed by atoms with Crippen molar-refractivity contribution in [2.75, 3.05) is 44.6 Å². The Morgan fingerprint density at radius 3 is 2.57 bits per heavy atom. The van der Waals surface area contributed by atoms with Gasteiger partial charge in [0, 0.05) is 57.1 Å². The minimum atomic E-state index is -0.475. The van der Waals surface area contributed by atoms with Gasteiger partial charge in [0.25, 0.3) is 5.69 Å². The number of nitrogens with zero attached hydrogens (tertiary/aromatic N) is 2. The van der Waals surface area contributed by atoms with Crippen LogP contribution in [0.4, 0.5) is 16.2 Å². The topological polar surface area (TPSA) is 99.5 Å². The Bertz CT molecular complexity index is 485. The average molecular weight is 293 g/mol. The number of piperazine rings is 1. The van der Waals surface area contributed by atoms with Gasteiger partial charge in [0.2, 0.25) is 0 Å². The number of carbonyl (C=O) groups excluding carboxylic acids is 1. The number of amides is 2. The molecule has 0 radical (unpaired) electrons. The lowest BCUT2D eigenvalue weighted by Gasteiger charge is -2.27. The second-order valence-corrected chi connectivity index (χ2v) is 4.78. The van der Waals surface area contributed by atoms with Crippen LogP contribution < -0.4 is 16.0 Å². The number of benzene rings is 1. The zero-order chi connectivity index (χ0) is 15.1. The quantitative estimate of drug-likeness (QED) is 0.546. The van der Waals surface area contributed by atoms with E-state index >= 15 is 0 Å². The van der Waals surface area contributed by atoms with Crippen molar-refractivity contribution in [1.82, 2.24) is 15.5 Å². The lowest BCUT2D eigenvalue weighted by molar-refractivity contribution is -0.384. The van der Waals surface area contributed by atoms with Gasteiger partial charge in [-0.3, -0.25) is 15.0 Å². The summed E-state index contributed by atoms with van der Waals surface area (Å²) in [4.78, 5) is 24.0. The molecule has 1 fully saturated rings. The Kier molecular flexibility index (Phi) is 5.47. The van der Waals surface area contributed by atoms with E-state index in [4.69, 9.17) is 0 Å². The van der Waals surface area contributed by atoms with Crippen molar-refractivity contribution in [1.29, 1.82) is 0 Å². The van der Waals surface area contributed by atoms with Crippen LogP contribution in [0.2, 0.25) is 0 Å². The molecule has 0 unspecified atom stereocenters. The van der Waals surface area contributed by atoms with Gasteiger partial charge in [-0.1, -0.05) is 0 Å². The number of carbonyl (C=O) groups is 1. The Balaban J connectivity index is 1.70. The summed E-state index contributed by atoms with van der Waals surface area (Å²) in [5.41, 5.74) is 0.528. The maximum absolute atomic E-state index is 11.7. The van der Waals surface area contributed by atoms with Gasteiger partial charge in [0.1, 0.15) is 0 Å². The Labute approximate surface area is 122 Å². The summed E-state index contributed by atoms with van der Waals surface area (Å²) in [6.07, 6.45) is 0. The molecule has 0 spiro atoms. The summed E-state index contributed by atoms with van der Waals surface area (Å²) in [5, 5.41) is 19.2. The van der Waals surface area contributed by atoms with Crippen molar-refractivity contribution < 1.29 is 9.72 Å². The summed E-state index contributed by atoms with van der Waals surface area (Å²) in [5.74, 6) is 0. The Morgan fingerprint density at radius 1 is 1.29 bits per heavy atom. The first-order valence-corrected chi connectivity index (χ1v) is 6.87. The van der Waals surface area contributed by atoms with E-state index in [1.807, 2.05) is 0 Å². The molecule has 2 amide bonds. The van der Waals surface area contributed by atoms with Crippen LogP contribution in [0.1, 0.15) is 0 Å². The molecule has 1 aromatic carbocycles. The minimum Gasteiger partial charge on any atom is -0.337 e. The normalized spacial score (nSPS) is 15.4. The standard InChI is InChI=1S/C13H19N5O3/c19-13(15-7-10-17-8-5-14-6-9-17)16-11-1-3-12(4-2-11)18(20)21/h1-4,14H,5-10H2,(H2,15,16,19). The first-order valence-electron chi connectivity index (χ1n) is 6.87. The van der Waals surface area contributed by atoms with E-state index in [0.29, 0.717) is 12.2 Å². The summed E-state index contributed by atoms with van der Waals surface area (Å²) < 4.78 is 0. The molecule has 2 rings (SSSR count). The fourth-order valence-corrected chi connectivity index (χ4v) is 2.10. The summed E-state index contributed by atoms with van der Waals surface area (Å²) in [7, 11) is 0. The number of nitro benzene ring substituents is 1. The van der Waals surface area contributed by atoms with E-state index in [0.717, 1.165) is 32.7 Å². The van der Waals surface area contributed by atoms with Crippen LogP contribution in [0.3, 0.4) is 0 Å². The molecule has 1 heterocycles. The van der Waals surface area contributed by atoms with Crippen LogP contribution in [0.5, 0.6) is 0 Å². The summed E-state index contributed by atoms with van der Waals surface area (Å²) >= 11 is 0. The molecule has 0 aliphatic carbocycles. The first-order chi connectivity index (χ1) is 10.1. The molecule has 0 saturated carbocycles. The number of nitrogens with one attached hydrogen (secondary N) is 3. The third kappa shape index (κ3) is 5.01. The zero-order valence-corrected chi connectivity index (χ0v) is 11.7. The molecule has 1 aliphatic rings. The maximum atomic E-state index is 11.7. The largest absolute Gasteiger partial charge is 0.337 e. The number of hydrogen-bond acceptors (Lipinski definition) is 5. The molecule has 1 aliphatic heterocycles. The highest BCUT2D eigenvalue weighted by Crippen LogP contribution is 2.15. The van der Waals surface area contributed by atoms with Crippen LogP contribution in [-0.2, 0) is 0 Å². The Hall–Kier alpha value is -2.19. The number of rotatable bonds is 5. The summed E-state index contributed by atoms with van der Waals surface area (Å²) in [6.45, 7) is 5.33. The lowest BCUT2D eigenvalue weighted by Crippen LogP contribution is -2.46. The molecule has 0 bridgehead atoms. The number of urea groups is 1. The molecule has 114 valence electrons. The molecule has 8 heteroatoms. The van der Waals surface area contributed by atoms with Gasteiger partial charge in [-0.05, 0) is 12.1 Å². The molecule has 21 heavy (non-hydrogen) atoms. The molecule has 8 nitrogen and oxygen atoms in total. The van der Waals surface area contributed by atoms with E-state index in [-0.39, 0.29) is 11.7 Å².